The molecule has 0 spiro atoms. The molecule has 2 atom stereocenters. The number of sulfone groups is 1. The molecule has 2 aliphatic rings. The molecule has 0 aliphatic carbocycles. The molecule has 142 valence electrons. The smallest absolute Gasteiger partial charge is 0.273 e. The molecular formula is C21H18N2O3S2. The minimum Gasteiger partial charge on any atom is -0.335 e. The van der Waals surface area contributed by atoms with E-state index in [0.29, 0.717) is 17.1 Å². The lowest BCUT2D eigenvalue weighted by molar-refractivity contribution is 0.0785. The van der Waals surface area contributed by atoms with Gasteiger partial charge in [-0.05, 0) is 35.7 Å². The third-order valence-corrected chi connectivity index (χ3v) is 8.65. The molecule has 0 radical (unpaired) electrons. The van der Waals surface area contributed by atoms with E-state index >= 15 is 0 Å². The lowest BCUT2D eigenvalue weighted by atomic mass is 9.94. The van der Waals surface area contributed by atoms with Gasteiger partial charge in [0.05, 0.1) is 15.2 Å². The molecule has 3 heterocycles. The first-order valence-corrected chi connectivity index (χ1v) is 11.5. The van der Waals surface area contributed by atoms with Gasteiger partial charge >= 0.3 is 0 Å². The van der Waals surface area contributed by atoms with Gasteiger partial charge in [0.15, 0.2) is 9.84 Å². The van der Waals surface area contributed by atoms with Crippen molar-refractivity contribution in [3.8, 4) is 11.1 Å². The molecular weight excluding hydrogens is 392 g/mol. The summed E-state index contributed by atoms with van der Waals surface area (Å²) in [6, 6.07) is 15.5. The summed E-state index contributed by atoms with van der Waals surface area (Å²) in [7, 11) is -3.44. The minimum atomic E-state index is -3.44. The molecule has 5 rings (SSSR count). The maximum Gasteiger partial charge on any atom is 0.273 e. The molecule has 0 N–H and O–H groups in total. The lowest BCUT2D eigenvalue weighted by Gasteiger charge is -2.17. The Morgan fingerprint density at radius 1 is 1.11 bits per heavy atom. The van der Waals surface area contributed by atoms with Gasteiger partial charge in [-0.2, -0.15) is 0 Å². The van der Waals surface area contributed by atoms with Gasteiger partial charge in [-0.25, -0.2) is 13.4 Å². The number of carbonyl (C=O) groups excluding carboxylic acids is 1. The van der Waals surface area contributed by atoms with Crippen molar-refractivity contribution in [1.82, 2.24) is 9.88 Å². The lowest BCUT2D eigenvalue weighted by Crippen LogP contribution is -2.31. The van der Waals surface area contributed by atoms with Gasteiger partial charge in [0, 0.05) is 24.4 Å². The van der Waals surface area contributed by atoms with Gasteiger partial charge < -0.3 is 4.90 Å². The number of rotatable bonds is 2. The molecule has 1 fully saturated rings. The summed E-state index contributed by atoms with van der Waals surface area (Å²) in [5, 5.41) is 1.99. The Hall–Kier alpha value is -2.51. The number of aromatic nitrogens is 1. The van der Waals surface area contributed by atoms with Gasteiger partial charge in [0.2, 0.25) is 0 Å². The van der Waals surface area contributed by atoms with Crippen LogP contribution in [0.2, 0.25) is 0 Å². The second-order valence-electron chi connectivity index (χ2n) is 7.27. The first-order valence-electron chi connectivity index (χ1n) is 9.10. The van der Waals surface area contributed by atoms with E-state index in [1.807, 2.05) is 49.4 Å². The average Bonchev–Trinajstić information content (AvgIpc) is 3.38. The van der Waals surface area contributed by atoms with Crippen molar-refractivity contribution in [3.63, 3.8) is 0 Å². The highest BCUT2D eigenvalue weighted by molar-refractivity contribution is 7.92. The maximum atomic E-state index is 13.1. The molecule has 0 unspecified atom stereocenters. The fraction of sp³-hybridized carbons (Fsp3) is 0.238. The predicted octanol–water partition coefficient (Wildman–Crippen LogP) is 3.51. The highest BCUT2D eigenvalue weighted by Crippen LogP contribution is 2.46. The number of benzene rings is 2. The van der Waals surface area contributed by atoms with Crippen LogP contribution in [0.1, 0.15) is 27.0 Å². The fourth-order valence-electron chi connectivity index (χ4n) is 4.25. The van der Waals surface area contributed by atoms with Crippen LogP contribution in [0, 0.1) is 6.92 Å². The molecule has 1 amide bonds. The Kier molecular flexibility index (Phi) is 3.93. The van der Waals surface area contributed by atoms with E-state index < -0.39 is 15.1 Å². The van der Waals surface area contributed by atoms with Crippen molar-refractivity contribution in [2.45, 2.75) is 23.0 Å². The number of thiazole rings is 1. The van der Waals surface area contributed by atoms with Crippen LogP contribution in [0.4, 0.5) is 0 Å². The number of nitrogens with zero attached hydrogens (tertiary/aromatic N) is 2. The largest absolute Gasteiger partial charge is 0.335 e. The zero-order chi connectivity index (χ0) is 19.5. The van der Waals surface area contributed by atoms with Crippen molar-refractivity contribution in [2.24, 2.45) is 0 Å². The number of hydrogen-bond donors (Lipinski definition) is 0. The molecule has 0 saturated carbocycles. The van der Waals surface area contributed by atoms with Gasteiger partial charge in [0.1, 0.15) is 5.69 Å². The van der Waals surface area contributed by atoms with Crippen LogP contribution >= 0.6 is 11.3 Å². The SMILES string of the molecule is Cc1nc(C(=O)N2C[C@@H]3[C@@H](C2)c2cc(-c4ccccc4)ccc2S3(=O)=O)cs1. The Balaban J connectivity index is 1.52. The van der Waals surface area contributed by atoms with E-state index in [-0.39, 0.29) is 18.4 Å². The molecule has 1 saturated heterocycles. The van der Waals surface area contributed by atoms with Gasteiger partial charge in [-0.1, -0.05) is 36.4 Å². The van der Waals surface area contributed by atoms with Crippen LogP contribution in [0.25, 0.3) is 11.1 Å². The summed E-state index contributed by atoms with van der Waals surface area (Å²) in [5.41, 5.74) is 3.28. The highest BCUT2D eigenvalue weighted by atomic mass is 32.2. The normalized spacial score (nSPS) is 22.1. The third kappa shape index (κ3) is 2.61. The standard InChI is InChI=1S/C21H18N2O3S2/c1-13-22-18(12-27-13)21(24)23-10-17-16-9-15(14-5-3-2-4-6-14)7-8-19(16)28(25,26)20(17)11-23/h2-9,12,17,20H,10-11H2,1H3/t17-,20+/m0/s1. The Morgan fingerprint density at radius 2 is 1.89 bits per heavy atom. The molecule has 2 aromatic carbocycles. The molecule has 0 bridgehead atoms. The van der Waals surface area contributed by atoms with E-state index in [0.717, 1.165) is 21.7 Å². The zero-order valence-electron chi connectivity index (χ0n) is 15.2. The summed E-state index contributed by atoms with van der Waals surface area (Å²) < 4.78 is 26.1. The van der Waals surface area contributed by atoms with Crippen LogP contribution in [-0.2, 0) is 9.84 Å². The van der Waals surface area contributed by atoms with Crippen molar-refractivity contribution < 1.29 is 13.2 Å². The summed E-state index contributed by atoms with van der Waals surface area (Å²) in [6.07, 6.45) is 0. The first kappa shape index (κ1) is 17.6. The molecule has 3 aromatic rings. The average molecular weight is 411 g/mol. The molecule has 5 nitrogen and oxygen atoms in total. The Bertz CT molecular complexity index is 1190. The van der Waals surface area contributed by atoms with E-state index in [1.54, 1.807) is 16.3 Å². The topological polar surface area (TPSA) is 67.3 Å². The summed E-state index contributed by atoms with van der Waals surface area (Å²) in [5.74, 6) is -0.373. The fourth-order valence-corrected chi connectivity index (χ4v) is 7.00. The van der Waals surface area contributed by atoms with E-state index in [9.17, 15) is 13.2 Å². The number of hydrogen-bond acceptors (Lipinski definition) is 5. The maximum absolute atomic E-state index is 13.1. The number of carbonyl (C=O) groups is 1. The van der Waals surface area contributed by atoms with E-state index in [4.69, 9.17) is 0 Å². The van der Waals surface area contributed by atoms with Gasteiger partial charge in [-0.3, -0.25) is 4.79 Å². The van der Waals surface area contributed by atoms with Crippen LogP contribution in [-0.4, -0.2) is 42.5 Å². The molecule has 7 heteroatoms. The molecule has 28 heavy (non-hydrogen) atoms. The highest BCUT2D eigenvalue weighted by Gasteiger charge is 2.51. The van der Waals surface area contributed by atoms with Crippen molar-refractivity contribution >= 4 is 27.1 Å². The quantitative estimate of drug-likeness (QED) is 0.648. The second kappa shape index (κ2) is 6.25. The van der Waals surface area contributed by atoms with E-state index in [1.165, 1.54) is 11.3 Å². The van der Waals surface area contributed by atoms with Crippen LogP contribution in [0.5, 0.6) is 0 Å². The number of fused-ring (bicyclic) bond motifs is 3. The Labute approximate surface area is 167 Å². The zero-order valence-corrected chi connectivity index (χ0v) is 16.8. The van der Waals surface area contributed by atoms with Gasteiger partial charge in [0.25, 0.3) is 5.91 Å². The molecule has 2 aliphatic heterocycles. The van der Waals surface area contributed by atoms with Crippen LogP contribution in [0.15, 0.2) is 58.8 Å². The first-order chi connectivity index (χ1) is 13.4. The van der Waals surface area contributed by atoms with Crippen LogP contribution < -0.4 is 0 Å². The van der Waals surface area contributed by atoms with Crippen LogP contribution in [0.3, 0.4) is 0 Å². The summed E-state index contributed by atoms with van der Waals surface area (Å²) in [6.45, 7) is 2.48. The van der Waals surface area contributed by atoms with Crippen molar-refractivity contribution in [2.75, 3.05) is 13.1 Å². The minimum absolute atomic E-state index is 0.185. The molecule has 1 aromatic heterocycles. The monoisotopic (exact) mass is 410 g/mol. The van der Waals surface area contributed by atoms with Crippen molar-refractivity contribution in [1.29, 1.82) is 0 Å². The third-order valence-electron chi connectivity index (χ3n) is 5.61. The number of likely N-dealkylation sites (tertiary alicyclic amines) is 1. The summed E-state index contributed by atoms with van der Waals surface area (Å²) >= 11 is 1.42. The van der Waals surface area contributed by atoms with Gasteiger partial charge in [-0.15, -0.1) is 11.3 Å². The number of amides is 1. The number of aryl methyl sites for hydroxylation is 1. The summed E-state index contributed by atoms with van der Waals surface area (Å²) in [4.78, 5) is 19.1. The Morgan fingerprint density at radius 3 is 2.61 bits per heavy atom. The predicted molar refractivity (Wildman–Crippen MR) is 108 cm³/mol. The van der Waals surface area contributed by atoms with E-state index in [2.05, 4.69) is 4.98 Å². The second-order valence-corrected chi connectivity index (χ2v) is 10.5. The van der Waals surface area contributed by atoms with Crippen molar-refractivity contribution in [3.05, 3.63) is 70.2 Å².